The standard InChI is InChI=1S/C5H13PS.2C5H5.Ti/c1-6(2)4-3-5-7;2*1-2-4-5-3-1;/h7H,3-5H2,1-2H3;2*1-5H;/q;-5;-1;. The largest absolute Gasteiger partial charge is 0.792 e. The quantitative estimate of drug-likeness (QED) is 0.354. The Balaban J connectivity index is 0. The first-order chi connectivity index (χ1) is 8.27. The molecule has 0 N–H and O–H groups in total. The Morgan fingerprint density at radius 3 is 1.56 bits per heavy atom. The van der Waals surface area contributed by atoms with Crippen molar-refractivity contribution in [3.8, 4) is 0 Å². The molecule has 0 heterocycles. The summed E-state index contributed by atoms with van der Waals surface area (Å²) < 4.78 is 0. The van der Waals surface area contributed by atoms with E-state index < -0.39 is 0 Å². The predicted octanol–water partition coefficient (Wildman–Crippen LogP) is 4.21. The summed E-state index contributed by atoms with van der Waals surface area (Å²) in [5.74, 6) is 0.954. The van der Waals surface area contributed by atoms with Gasteiger partial charge in [0.15, 0.2) is 0 Å². The van der Waals surface area contributed by atoms with E-state index >= 15 is 0 Å². The van der Waals surface area contributed by atoms with Crippen LogP contribution in [0.3, 0.4) is 0 Å². The van der Waals surface area contributed by atoms with E-state index in [2.05, 4.69) is 13.3 Å². The van der Waals surface area contributed by atoms with E-state index in [9.17, 15) is 0 Å². The fraction of sp³-hybridized carbons (Fsp3) is 0.333. The van der Waals surface area contributed by atoms with Crippen LogP contribution in [0, 0.1) is 0 Å². The normalized spacial score (nSPS) is 8.44. The maximum Gasteiger partial charge on any atom is 0.0548 e. The van der Waals surface area contributed by atoms with Crippen LogP contribution in [0.2, 0.25) is 0 Å². The van der Waals surface area contributed by atoms with E-state index in [1.54, 1.807) is 0 Å². The molecule has 0 unspecified atom stereocenters. The van der Waals surface area contributed by atoms with Crippen molar-refractivity contribution in [3.63, 3.8) is 0 Å². The van der Waals surface area contributed by atoms with Crippen LogP contribution in [0.15, 0.2) is 60.7 Å². The molecule has 0 aliphatic heterocycles. The van der Waals surface area contributed by atoms with Crippen LogP contribution in [0.5, 0.6) is 0 Å². The van der Waals surface area contributed by atoms with Crippen LogP contribution in [0.4, 0.5) is 0 Å². The Morgan fingerprint density at radius 2 is 1.39 bits per heavy atom. The second kappa shape index (κ2) is 17.2. The van der Waals surface area contributed by atoms with Crippen LogP contribution in [0.1, 0.15) is 6.42 Å². The summed E-state index contributed by atoms with van der Waals surface area (Å²) in [6.07, 6.45) is 2.66. The molecule has 0 atom stereocenters. The minimum absolute atomic E-state index is 0. The van der Waals surface area contributed by atoms with Gasteiger partial charge in [-0.05, 0) is 14.3 Å². The molecular weight excluding hydrogens is 291 g/mol. The average molecular weight is 314 g/mol. The van der Waals surface area contributed by atoms with Gasteiger partial charge in [-0.25, -0.2) is 12.1 Å². The summed E-state index contributed by atoms with van der Waals surface area (Å²) in [6, 6.07) is 20.0. The molecule has 0 aliphatic carbocycles. The zero-order valence-electron chi connectivity index (χ0n) is 11.3. The molecule has 0 aliphatic rings. The van der Waals surface area contributed by atoms with Gasteiger partial charge < -0.3 is 43.0 Å². The van der Waals surface area contributed by atoms with Crippen molar-refractivity contribution in [3.05, 3.63) is 60.7 Å². The maximum absolute atomic E-state index is 4.79. The molecule has 3 heteroatoms. The van der Waals surface area contributed by atoms with Crippen molar-refractivity contribution in [1.82, 2.24) is 0 Å². The molecule has 2 rings (SSSR count). The van der Waals surface area contributed by atoms with Gasteiger partial charge in [0.05, 0.1) is 6.16 Å². The molecule has 0 bridgehead atoms. The molecule has 0 saturated carbocycles. The number of hydrogen-bond acceptors (Lipinski definition) is 1. The van der Waals surface area contributed by atoms with Gasteiger partial charge in [-0.3, -0.25) is 0 Å². The van der Waals surface area contributed by atoms with Crippen molar-refractivity contribution >= 4 is 20.6 Å². The van der Waals surface area contributed by atoms with E-state index in [-0.39, 0.29) is 29.6 Å². The minimum atomic E-state index is 0. The first-order valence-corrected chi connectivity index (χ1v) is 9.26. The Hall–Kier alpha value is 0.194. The fourth-order valence-corrected chi connectivity index (χ4v) is 2.35. The molecule has 2 aromatic rings. The molecular formula is C15H23PSTi-6. The van der Waals surface area contributed by atoms with Gasteiger partial charge in [-0.2, -0.15) is 24.0 Å². The monoisotopic (exact) mass is 314 g/mol. The third-order valence-corrected chi connectivity index (χ3v) is 3.57. The van der Waals surface area contributed by atoms with E-state index in [1.165, 1.54) is 12.6 Å². The zero-order valence-corrected chi connectivity index (χ0v) is 14.7. The van der Waals surface area contributed by atoms with Crippen LogP contribution in [-0.4, -0.2) is 25.2 Å². The Morgan fingerprint density at radius 1 is 0.944 bits per heavy atom. The fourth-order valence-electron chi connectivity index (χ4n) is 1.07. The molecule has 2 aromatic carbocycles. The van der Waals surface area contributed by atoms with E-state index in [0.29, 0.717) is 0 Å². The van der Waals surface area contributed by atoms with Gasteiger partial charge >= 0.3 is 0 Å². The van der Waals surface area contributed by atoms with Gasteiger partial charge in [0, 0.05) is 35.0 Å². The zero-order chi connectivity index (χ0) is 12.8. The molecule has 104 valence electrons. The molecule has 0 radical (unpaired) electrons. The van der Waals surface area contributed by atoms with Gasteiger partial charge in [0.1, 0.15) is 0 Å². The van der Waals surface area contributed by atoms with Crippen LogP contribution in [-0.2, 0) is 34.3 Å². The summed E-state index contributed by atoms with van der Waals surface area (Å²) in [5, 5.41) is 0. The Labute approximate surface area is 134 Å². The second-order valence-electron chi connectivity index (χ2n) is 3.94. The van der Waals surface area contributed by atoms with Crippen LogP contribution >= 0.6 is 7.92 Å². The van der Waals surface area contributed by atoms with E-state index in [1.807, 2.05) is 60.7 Å². The molecule has 0 spiro atoms. The van der Waals surface area contributed by atoms with Gasteiger partial charge in [-0.1, -0.05) is 0 Å². The summed E-state index contributed by atoms with van der Waals surface area (Å²) in [7, 11) is 0.0361. The molecule has 0 fully saturated rings. The first-order valence-electron chi connectivity index (χ1n) is 5.98. The first kappa shape index (κ1) is 20.5. The summed E-state index contributed by atoms with van der Waals surface area (Å²) in [6.45, 7) is 4.66. The second-order valence-corrected chi connectivity index (χ2v) is 7.26. The molecule has 0 saturated heterocycles. The predicted molar refractivity (Wildman–Crippen MR) is 85.9 cm³/mol. The number of rotatable bonds is 3. The molecule has 18 heavy (non-hydrogen) atoms. The molecule has 0 nitrogen and oxygen atoms in total. The molecule has 0 amide bonds. The van der Waals surface area contributed by atoms with Gasteiger partial charge in [0.2, 0.25) is 0 Å². The SMILES string of the molecule is C[PH+](C)CCC[S-].[Ti].[cH-]1[cH-][cH-][cH-][cH-]1.c1cc[cH-]c1. The molecule has 0 aromatic heterocycles. The topological polar surface area (TPSA) is 0 Å². The smallest absolute Gasteiger partial charge is 0.0548 e. The summed E-state index contributed by atoms with van der Waals surface area (Å²) in [5.41, 5.74) is 0. The van der Waals surface area contributed by atoms with E-state index in [4.69, 9.17) is 12.6 Å². The van der Waals surface area contributed by atoms with Crippen LogP contribution in [0.25, 0.3) is 0 Å². The van der Waals surface area contributed by atoms with Crippen molar-refractivity contribution in [1.29, 1.82) is 0 Å². The van der Waals surface area contributed by atoms with Crippen molar-refractivity contribution in [2.24, 2.45) is 0 Å². The summed E-state index contributed by atoms with van der Waals surface area (Å²) in [4.78, 5) is 0. The van der Waals surface area contributed by atoms with Crippen molar-refractivity contribution in [2.45, 2.75) is 6.42 Å². The average Bonchev–Trinajstić information content (AvgIpc) is 3.01. The minimum Gasteiger partial charge on any atom is -0.792 e. The Bertz CT molecular complexity index is 229. The van der Waals surface area contributed by atoms with Gasteiger partial charge in [-0.15, -0.1) is 0 Å². The van der Waals surface area contributed by atoms with Gasteiger partial charge in [0.25, 0.3) is 0 Å². The maximum atomic E-state index is 4.79. The number of hydrogen-bond donors (Lipinski definition) is 0. The summed E-state index contributed by atoms with van der Waals surface area (Å²) >= 11 is 4.79. The van der Waals surface area contributed by atoms with Crippen LogP contribution < -0.4 is 0 Å². The van der Waals surface area contributed by atoms with Crippen molar-refractivity contribution < 1.29 is 21.7 Å². The van der Waals surface area contributed by atoms with E-state index in [0.717, 1.165) is 5.75 Å². The Kier molecular flexibility index (Phi) is 19.6. The third kappa shape index (κ3) is 18.6. The third-order valence-electron chi connectivity index (χ3n) is 1.93. The van der Waals surface area contributed by atoms with Crippen molar-refractivity contribution in [2.75, 3.05) is 25.2 Å².